The van der Waals surface area contributed by atoms with Crippen molar-refractivity contribution in [3.05, 3.63) is 29.8 Å². The predicted molar refractivity (Wildman–Crippen MR) is 54.4 cm³/mol. The molecular formula is C11H13F2NO. The van der Waals surface area contributed by atoms with Crippen molar-refractivity contribution in [2.24, 2.45) is 5.92 Å². The molecule has 1 N–H and O–H groups in total. The third-order valence-corrected chi connectivity index (χ3v) is 2.19. The first-order chi connectivity index (χ1) is 7.02. The van der Waals surface area contributed by atoms with Crippen molar-refractivity contribution in [1.29, 1.82) is 0 Å². The summed E-state index contributed by atoms with van der Waals surface area (Å²) in [6.45, 7) is 3.63. The van der Waals surface area contributed by atoms with E-state index in [1.54, 1.807) is 6.92 Å². The lowest BCUT2D eigenvalue weighted by Crippen LogP contribution is -2.19. The largest absolute Gasteiger partial charge is 0.326 e. The fraction of sp³-hybridized carbons (Fsp3) is 0.364. The minimum Gasteiger partial charge on any atom is -0.326 e. The molecule has 0 bridgehead atoms. The number of amides is 1. The van der Waals surface area contributed by atoms with E-state index in [1.165, 1.54) is 0 Å². The van der Waals surface area contributed by atoms with Gasteiger partial charge in [-0.15, -0.1) is 0 Å². The normalized spacial score (nSPS) is 12.3. The van der Waals surface area contributed by atoms with Gasteiger partial charge in [0.25, 0.3) is 0 Å². The molecule has 0 fully saturated rings. The molecule has 0 aliphatic heterocycles. The smallest absolute Gasteiger partial charge is 0.227 e. The average Bonchev–Trinajstić information content (AvgIpc) is 2.14. The van der Waals surface area contributed by atoms with Gasteiger partial charge in [0.05, 0.1) is 0 Å². The fourth-order valence-electron chi connectivity index (χ4n) is 1.08. The molecule has 4 heteroatoms. The number of hydrogen-bond donors (Lipinski definition) is 1. The summed E-state index contributed by atoms with van der Waals surface area (Å²) in [4.78, 5) is 11.4. The number of benzene rings is 1. The van der Waals surface area contributed by atoms with E-state index in [0.29, 0.717) is 6.42 Å². The number of carbonyl (C=O) groups is 1. The van der Waals surface area contributed by atoms with Crippen LogP contribution in [-0.2, 0) is 4.79 Å². The van der Waals surface area contributed by atoms with E-state index in [9.17, 15) is 13.6 Å². The Morgan fingerprint density at radius 2 is 1.87 bits per heavy atom. The molecule has 1 aromatic carbocycles. The average molecular weight is 213 g/mol. The van der Waals surface area contributed by atoms with Crippen molar-refractivity contribution in [2.75, 3.05) is 5.32 Å². The second-order valence-electron chi connectivity index (χ2n) is 3.46. The van der Waals surface area contributed by atoms with Gasteiger partial charge >= 0.3 is 0 Å². The Bertz CT molecular complexity index is 345. The van der Waals surface area contributed by atoms with E-state index in [0.717, 1.165) is 18.2 Å². The van der Waals surface area contributed by atoms with Gasteiger partial charge in [-0.1, -0.05) is 13.8 Å². The van der Waals surface area contributed by atoms with Crippen molar-refractivity contribution in [3.63, 3.8) is 0 Å². The molecule has 1 unspecified atom stereocenters. The molecule has 2 nitrogen and oxygen atoms in total. The van der Waals surface area contributed by atoms with Crippen molar-refractivity contribution >= 4 is 11.6 Å². The third kappa shape index (κ3) is 3.31. The topological polar surface area (TPSA) is 29.1 Å². The molecule has 1 atom stereocenters. The Kier molecular flexibility index (Phi) is 3.77. The Hall–Kier alpha value is -1.45. The number of halogens is 2. The molecule has 0 heterocycles. The van der Waals surface area contributed by atoms with Gasteiger partial charge in [0, 0.05) is 17.7 Å². The molecule has 0 aromatic heterocycles. The van der Waals surface area contributed by atoms with E-state index in [2.05, 4.69) is 5.32 Å². The van der Waals surface area contributed by atoms with Gasteiger partial charge < -0.3 is 5.32 Å². The molecule has 15 heavy (non-hydrogen) atoms. The number of nitrogens with one attached hydrogen (secondary N) is 1. The minimum absolute atomic E-state index is 0.151. The van der Waals surface area contributed by atoms with Gasteiger partial charge in [0.2, 0.25) is 5.91 Å². The highest BCUT2D eigenvalue weighted by molar-refractivity contribution is 5.92. The number of hydrogen-bond acceptors (Lipinski definition) is 1. The quantitative estimate of drug-likeness (QED) is 0.821. The maximum absolute atomic E-state index is 12.8. The van der Waals surface area contributed by atoms with E-state index >= 15 is 0 Å². The van der Waals surface area contributed by atoms with Crippen molar-refractivity contribution in [3.8, 4) is 0 Å². The van der Waals surface area contributed by atoms with Crippen LogP contribution in [0.4, 0.5) is 14.5 Å². The lowest BCUT2D eigenvalue weighted by Gasteiger charge is -2.09. The van der Waals surface area contributed by atoms with Crippen LogP contribution in [0, 0.1) is 17.6 Å². The highest BCUT2D eigenvalue weighted by Crippen LogP contribution is 2.14. The maximum Gasteiger partial charge on any atom is 0.227 e. The zero-order valence-electron chi connectivity index (χ0n) is 8.68. The highest BCUT2D eigenvalue weighted by atomic mass is 19.1. The Morgan fingerprint density at radius 3 is 2.33 bits per heavy atom. The first kappa shape index (κ1) is 11.6. The van der Waals surface area contributed by atoms with Crippen LogP contribution < -0.4 is 5.32 Å². The second-order valence-corrected chi connectivity index (χ2v) is 3.46. The third-order valence-electron chi connectivity index (χ3n) is 2.19. The van der Waals surface area contributed by atoms with Crippen LogP contribution >= 0.6 is 0 Å². The van der Waals surface area contributed by atoms with Crippen molar-refractivity contribution in [2.45, 2.75) is 20.3 Å². The summed E-state index contributed by atoms with van der Waals surface area (Å²) in [5.41, 5.74) is 0.151. The lowest BCUT2D eigenvalue weighted by molar-refractivity contribution is -0.119. The summed E-state index contributed by atoms with van der Waals surface area (Å²) in [7, 11) is 0. The number of carbonyl (C=O) groups excluding carboxylic acids is 1. The summed E-state index contributed by atoms with van der Waals surface area (Å²) >= 11 is 0. The van der Waals surface area contributed by atoms with Crippen LogP contribution in [0.2, 0.25) is 0 Å². The van der Waals surface area contributed by atoms with Crippen LogP contribution in [-0.4, -0.2) is 5.91 Å². The molecule has 0 saturated heterocycles. The predicted octanol–water partition coefficient (Wildman–Crippen LogP) is 2.95. The van der Waals surface area contributed by atoms with Gasteiger partial charge in [-0.05, 0) is 18.6 Å². The number of anilines is 1. The van der Waals surface area contributed by atoms with Gasteiger partial charge in [0.15, 0.2) is 0 Å². The van der Waals surface area contributed by atoms with E-state index < -0.39 is 11.6 Å². The molecule has 0 aliphatic rings. The highest BCUT2D eigenvalue weighted by Gasteiger charge is 2.11. The van der Waals surface area contributed by atoms with Gasteiger partial charge in [-0.2, -0.15) is 0 Å². The van der Waals surface area contributed by atoms with Crippen molar-refractivity contribution < 1.29 is 13.6 Å². The molecular weight excluding hydrogens is 200 g/mol. The Balaban J connectivity index is 2.76. The van der Waals surface area contributed by atoms with Crippen LogP contribution in [0.1, 0.15) is 20.3 Å². The zero-order valence-corrected chi connectivity index (χ0v) is 8.68. The molecule has 82 valence electrons. The molecule has 1 amide bonds. The number of rotatable bonds is 3. The molecule has 0 radical (unpaired) electrons. The van der Waals surface area contributed by atoms with Crippen LogP contribution in [0.25, 0.3) is 0 Å². The monoisotopic (exact) mass is 213 g/mol. The maximum atomic E-state index is 12.8. The molecule has 1 rings (SSSR count). The van der Waals surface area contributed by atoms with Crippen molar-refractivity contribution in [1.82, 2.24) is 0 Å². The van der Waals surface area contributed by atoms with E-state index in [4.69, 9.17) is 0 Å². The van der Waals surface area contributed by atoms with E-state index in [-0.39, 0.29) is 17.5 Å². The molecule has 0 saturated carbocycles. The zero-order chi connectivity index (χ0) is 11.4. The lowest BCUT2D eigenvalue weighted by atomic mass is 10.1. The van der Waals surface area contributed by atoms with Gasteiger partial charge in [-0.25, -0.2) is 8.78 Å². The van der Waals surface area contributed by atoms with Crippen LogP contribution in [0.3, 0.4) is 0 Å². The Labute approximate surface area is 87.3 Å². The summed E-state index contributed by atoms with van der Waals surface area (Å²) < 4.78 is 25.5. The van der Waals surface area contributed by atoms with Crippen LogP contribution in [0.15, 0.2) is 18.2 Å². The molecule has 1 aromatic rings. The second kappa shape index (κ2) is 4.87. The summed E-state index contributed by atoms with van der Waals surface area (Å²) in [5.74, 6) is -1.80. The fourth-order valence-corrected chi connectivity index (χ4v) is 1.08. The summed E-state index contributed by atoms with van der Waals surface area (Å²) in [5, 5.41) is 2.46. The van der Waals surface area contributed by atoms with E-state index in [1.807, 2.05) is 6.92 Å². The summed E-state index contributed by atoms with van der Waals surface area (Å²) in [6.07, 6.45) is 0.684. The summed E-state index contributed by atoms with van der Waals surface area (Å²) in [6, 6.07) is 2.94. The Morgan fingerprint density at radius 1 is 1.33 bits per heavy atom. The molecule has 0 spiro atoms. The van der Waals surface area contributed by atoms with Gasteiger partial charge in [0.1, 0.15) is 11.6 Å². The minimum atomic E-state index is -0.700. The SMILES string of the molecule is CCC(C)C(=O)Nc1cc(F)cc(F)c1. The standard InChI is InChI=1S/C11H13F2NO/c1-3-7(2)11(15)14-10-5-8(12)4-9(13)6-10/h4-7H,3H2,1-2H3,(H,14,15). The first-order valence-electron chi connectivity index (χ1n) is 4.80. The first-order valence-corrected chi connectivity index (χ1v) is 4.80. The van der Waals surface area contributed by atoms with Crippen LogP contribution in [0.5, 0.6) is 0 Å². The van der Waals surface area contributed by atoms with Gasteiger partial charge in [-0.3, -0.25) is 4.79 Å². The molecule has 0 aliphatic carbocycles.